The minimum absolute atomic E-state index is 0.772. The zero-order valence-electron chi connectivity index (χ0n) is 7.64. The maximum atomic E-state index is 5.30. The van der Waals surface area contributed by atoms with Gasteiger partial charge in [-0.25, -0.2) is 0 Å². The standard InChI is InChI=1S/C9H17NO2/c1-11-6-4-10-7-9-3-2-5-12-8-9/h3,10H,2,4-8H2,1H3. The summed E-state index contributed by atoms with van der Waals surface area (Å²) >= 11 is 0. The van der Waals surface area contributed by atoms with Gasteiger partial charge in [-0.3, -0.25) is 0 Å². The quantitative estimate of drug-likeness (QED) is 0.484. The third-order valence-electron chi connectivity index (χ3n) is 1.82. The minimum atomic E-state index is 0.772. The molecule has 70 valence electrons. The van der Waals surface area contributed by atoms with Gasteiger partial charge in [0, 0.05) is 20.2 Å². The Morgan fingerprint density at radius 2 is 2.58 bits per heavy atom. The molecule has 1 rings (SSSR count). The van der Waals surface area contributed by atoms with Crippen LogP contribution >= 0.6 is 0 Å². The lowest BCUT2D eigenvalue weighted by atomic mass is 10.2. The molecule has 0 spiro atoms. The van der Waals surface area contributed by atoms with E-state index in [-0.39, 0.29) is 0 Å². The number of hydrogen-bond donors (Lipinski definition) is 1. The summed E-state index contributed by atoms with van der Waals surface area (Å²) in [6.45, 7) is 4.28. The molecule has 0 aromatic heterocycles. The lowest BCUT2D eigenvalue weighted by molar-refractivity contribution is 0.148. The second-order valence-corrected chi connectivity index (χ2v) is 2.87. The molecule has 0 saturated carbocycles. The number of hydrogen-bond acceptors (Lipinski definition) is 3. The highest BCUT2D eigenvalue weighted by Gasteiger charge is 2.01. The van der Waals surface area contributed by atoms with Crippen molar-refractivity contribution in [1.29, 1.82) is 0 Å². The van der Waals surface area contributed by atoms with Crippen LogP contribution in [0, 0.1) is 0 Å². The summed E-state index contributed by atoms with van der Waals surface area (Å²) in [7, 11) is 1.71. The third-order valence-corrected chi connectivity index (χ3v) is 1.82. The van der Waals surface area contributed by atoms with Crippen LogP contribution < -0.4 is 5.32 Å². The van der Waals surface area contributed by atoms with Crippen molar-refractivity contribution in [3.8, 4) is 0 Å². The summed E-state index contributed by atoms with van der Waals surface area (Å²) in [5.74, 6) is 0. The summed E-state index contributed by atoms with van der Waals surface area (Å²) in [6, 6.07) is 0. The molecule has 0 aromatic rings. The Balaban J connectivity index is 2.01. The topological polar surface area (TPSA) is 30.5 Å². The summed E-state index contributed by atoms with van der Waals surface area (Å²) in [5, 5.41) is 3.28. The molecule has 0 amide bonds. The summed E-state index contributed by atoms with van der Waals surface area (Å²) in [5.41, 5.74) is 1.36. The molecule has 1 N–H and O–H groups in total. The van der Waals surface area contributed by atoms with E-state index in [1.165, 1.54) is 5.57 Å². The highest BCUT2D eigenvalue weighted by Crippen LogP contribution is 2.03. The highest BCUT2D eigenvalue weighted by atomic mass is 16.5. The first-order valence-corrected chi connectivity index (χ1v) is 4.39. The van der Waals surface area contributed by atoms with Crippen LogP contribution in [0.5, 0.6) is 0 Å². The fraction of sp³-hybridized carbons (Fsp3) is 0.778. The van der Waals surface area contributed by atoms with Gasteiger partial charge < -0.3 is 14.8 Å². The molecule has 3 nitrogen and oxygen atoms in total. The Hall–Kier alpha value is -0.380. The maximum Gasteiger partial charge on any atom is 0.0689 e. The zero-order chi connectivity index (χ0) is 8.65. The Morgan fingerprint density at radius 1 is 1.67 bits per heavy atom. The SMILES string of the molecule is COCCNCC1=CCCOC1. The van der Waals surface area contributed by atoms with E-state index in [0.29, 0.717) is 0 Å². The molecule has 0 atom stereocenters. The second kappa shape index (κ2) is 6.17. The van der Waals surface area contributed by atoms with Crippen LogP contribution in [0.3, 0.4) is 0 Å². The predicted octanol–water partition coefficient (Wildman–Crippen LogP) is 0.569. The van der Waals surface area contributed by atoms with Gasteiger partial charge in [0.15, 0.2) is 0 Å². The van der Waals surface area contributed by atoms with Crippen LogP contribution in [-0.4, -0.2) is 40.0 Å². The van der Waals surface area contributed by atoms with Crippen LogP contribution in [0.4, 0.5) is 0 Å². The Kier molecular flexibility index (Phi) is 4.99. The van der Waals surface area contributed by atoms with Crippen molar-refractivity contribution in [1.82, 2.24) is 5.32 Å². The third kappa shape index (κ3) is 3.85. The molecular weight excluding hydrogens is 154 g/mol. The number of nitrogens with one attached hydrogen (secondary N) is 1. The molecule has 12 heavy (non-hydrogen) atoms. The Morgan fingerprint density at radius 3 is 3.25 bits per heavy atom. The fourth-order valence-corrected chi connectivity index (χ4v) is 1.15. The smallest absolute Gasteiger partial charge is 0.0689 e. The average molecular weight is 171 g/mol. The summed E-state index contributed by atoms with van der Waals surface area (Å²) < 4.78 is 10.2. The van der Waals surface area contributed by atoms with Crippen molar-refractivity contribution in [2.75, 3.05) is 40.0 Å². The van der Waals surface area contributed by atoms with Gasteiger partial charge in [-0.2, -0.15) is 0 Å². The molecule has 1 heterocycles. The fourth-order valence-electron chi connectivity index (χ4n) is 1.15. The first-order valence-electron chi connectivity index (χ1n) is 4.39. The van der Waals surface area contributed by atoms with Crippen molar-refractivity contribution >= 4 is 0 Å². The molecule has 1 aliphatic rings. The molecule has 0 bridgehead atoms. The van der Waals surface area contributed by atoms with Gasteiger partial charge in [0.1, 0.15) is 0 Å². The normalized spacial score (nSPS) is 17.6. The van der Waals surface area contributed by atoms with E-state index in [9.17, 15) is 0 Å². The van der Waals surface area contributed by atoms with Gasteiger partial charge >= 0.3 is 0 Å². The number of rotatable bonds is 5. The molecule has 0 aromatic carbocycles. The molecule has 0 saturated heterocycles. The molecule has 3 heteroatoms. The number of ether oxygens (including phenoxy) is 2. The van der Waals surface area contributed by atoms with E-state index in [2.05, 4.69) is 11.4 Å². The van der Waals surface area contributed by atoms with Crippen molar-refractivity contribution in [2.45, 2.75) is 6.42 Å². The predicted molar refractivity (Wildman–Crippen MR) is 48.3 cm³/mol. The average Bonchev–Trinajstić information content (AvgIpc) is 2.14. The minimum Gasteiger partial charge on any atom is -0.383 e. The molecule has 0 fully saturated rings. The lowest BCUT2D eigenvalue weighted by Crippen LogP contribution is -2.24. The van der Waals surface area contributed by atoms with Crippen molar-refractivity contribution < 1.29 is 9.47 Å². The molecule has 0 unspecified atom stereocenters. The summed E-state index contributed by atoms with van der Waals surface area (Å²) in [4.78, 5) is 0. The lowest BCUT2D eigenvalue weighted by Gasteiger charge is -2.13. The first kappa shape index (κ1) is 9.71. The van der Waals surface area contributed by atoms with Crippen LogP contribution in [0.2, 0.25) is 0 Å². The van der Waals surface area contributed by atoms with Gasteiger partial charge in [0.05, 0.1) is 19.8 Å². The van der Waals surface area contributed by atoms with Crippen molar-refractivity contribution in [2.24, 2.45) is 0 Å². The molecule has 0 radical (unpaired) electrons. The summed E-state index contributed by atoms with van der Waals surface area (Å²) in [6.07, 6.45) is 3.31. The van der Waals surface area contributed by atoms with E-state index in [4.69, 9.17) is 9.47 Å². The van der Waals surface area contributed by atoms with Gasteiger partial charge in [0.25, 0.3) is 0 Å². The van der Waals surface area contributed by atoms with Gasteiger partial charge in [-0.05, 0) is 12.0 Å². The van der Waals surface area contributed by atoms with E-state index in [0.717, 1.165) is 39.3 Å². The van der Waals surface area contributed by atoms with E-state index in [1.54, 1.807) is 7.11 Å². The Bertz CT molecular complexity index is 145. The van der Waals surface area contributed by atoms with Crippen LogP contribution in [0.1, 0.15) is 6.42 Å². The first-order chi connectivity index (χ1) is 5.93. The molecule has 0 aliphatic carbocycles. The van der Waals surface area contributed by atoms with Crippen LogP contribution in [0.25, 0.3) is 0 Å². The van der Waals surface area contributed by atoms with Crippen molar-refractivity contribution in [3.63, 3.8) is 0 Å². The van der Waals surface area contributed by atoms with Crippen molar-refractivity contribution in [3.05, 3.63) is 11.6 Å². The van der Waals surface area contributed by atoms with Crippen LogP contribution in [0.15, 0.2) is 11.6 Å². The highest BCUT2D eigenvalue weighted by molar-refractivity contribution is 5.06. The van der Waals surface area contributed by atoms with Crippen LogP contribution in [-0.2, 0) is 9.47 Å². The molecular formula is C9H17NO2. The van der Waals surface area contributed by atoms with E-state index >= 15 is 0 Å². The molecule has 1 aliphatic heterocycles. The zero-order valence-corrected chi connectivity index (χ0v) is 7.64. The van der Waals surface area contributed by atoms with Gasteiger partial charge in [-0.1, -0.05) is 6.08 Å². The van der Waals surface area contributed by atoms with E-state index < -0.39 is 0 Å². The van der Waals surface area contributed by atoms with Gasteiger partial charge in [-0.15, -0.1) is 0 Å². The number of methoxy groups -OCH3 is 1. The maximum absolute atomic E-state index is 5.30. The second-order valence-electron chi connectivity index (χ2n) is 2.87. The largest absolute Gasteiger partial charge is 0.383 e. The van der Waals surface area contributed by atoms with E-state index in [1.807, 2.05) is 0 Å². The monoisotopic (exact) mass is 171 g/mol. The van der Waals surface area contributed by atoms with Gasteiger partial charge in [0.2, 0.25) is 0 Å². The Labute approximate surface area is 73.7 Å².